The molecule has 5 aromatic rings. The molecular weight excluding hydrogens is 635 g/mol. The van der Waals surface area contributed by atoms with Crippen molar-refractivity contribution in [1.29, 1.82) is 0 Å². The van der Waals surface area contributed by atoms with E-state index < -0.39 is 10.8 Å². The molecule has 0 spiro atoms. The Kier molecular flexibility index (Phi) is 9.55. The minimum absolute atomic E-state index is 0.0331. The average molecular weight is 666 g/mol. The van der Waals surface area contributed by atoms with Crippen LogP contribution in [-0.2, 0) is 17.9 Å². The first-order chi connectivity index (χ1) is 22.8. The fourth-order valence-electron chi connectivity index (χ4n) is 5.38. The van der Waals surface area contributed by atoms with Crippen molar-refractivity contribution in [1.82, 2.24) is 25.1 Å². The Bertz CT molecular complexity index is 1940. The first kappa shape index (κ1) is 31.8. The number of thioether (sulfide) groups is 1. The molecule has 13 heteroatoms. The molecule has 3 aromatic carbocycles. The second-order valence-corrected chi connectivity index (χ2v) is 12.9. The number of amides is 2. The van der Waals surface area contributed by atoms with Gasteiger partial charge in [-0.1, -0.05) is 84.1 Å². The summed E-state index contributed by atoms with van der Waals surface area (Å²) < 4.78 is 1.87. The van der Waals surface area contributed by atoms with Crippen LogP contribution in [-0.4, -0.2) is 48.0 Å². The van der Waals surface area contributed by atoms with Gasteiger partial charge in [0, 0.05) is 23.6 Å². The maximum Gasteiger partial charge on any atom is 0.273 e. The molecule has 0 radical (unpaired) electrons. The summed E-state index contributed by atoms with van der Waals surface area (Å²) in [5, 5.41) is 31.9. The third-order valence-electron chi connectivity index (χ3n) is 7.89. The molecule has 1 aliphatic rings. The maximum atomic E-state index is 13.8. The lowest BCUT2D eigenvalue weighted by atomic mass is 10.00. The van der Waals surface area contributed by atoms with Crippen molar-refractivity contribution >= 4 is 46.3 Å². The fraction of sp³-hybridized carbons (Fsp3) is 0.206. The van der Waals surface area contributed by atoms with Crippen molar-refractivity contribution in [2.24, 2.45) is 5.10 Å². The van der Waals surface area contributed by atoms with Crippen molar-refractivity contribution in [2.45, 2.75) is 44.6 Å². The number of benzene rings is 3. The number of hydrogen-bond donors (Lipinski definition) is 1. The lowest BCUT2D eigenvalue weighted by Gasteiger charge is -2.22. The van der Waals surface area contributed by atoms with Gasteiger partial charge < -0.3 is 9.88 Å². The summed E-state index contributed by atoms with van der Waals surface area (Å²) in [5.41, 5.74) is 4.41. The SMILES string of the molecule is Cc1ccc([C@H]2CC(c3cccs3)=NN2C(=O)CSc2nnc(CNC(=O)c3cccc([N+](=O)[O-])c3C)n2Cc2ccccc2)cc1. The molecule has 0 fully saturated rings. The lowest BCUT2D eigenvalue weighted by molar-refractivity contribution is -0.385. The highest BCUT2D eigenvalue weighted by atomic mass is 32.2. The summed E-state index contributed by atoms with van der Waals surface area (Å²) in [5.74, 6) is -0.0507. The Morgan fingerprint density at radius 3 is 2.51 bits per heavy atom. The van der Waals surface area contributed by atoms with E-state index in [9.17, 15) is 19.7 Å². The van der Waals surface area contributed by atoms with Crippen LogP contribution in [0.15, 0.2) is 101 Å². The minimum atomic E-state index is -0.507. The molecule has 2 aromatic heterocycles. The summed E-state index contributed by atoms with van der Waals surface area (Å²) in [7, 11) is 0. The highest BCUT2D eigenvalue weighted by Crippen LogP contribution is 2.35. The van der Waals surface area contributed by atoms with E-state index in [1.54, 1.807) is 29.3 Å². The van der Waals surface area contributed by atoms with Gasteiger partial charge in [0.05, 0.1) is 40.4 Å². The molecule has 1 N–H and O–H groups in total. The van der Waals surface area contributed by atoms with Crippen LogP contribution in [0.5, 0.6) is 0 Å². The topological polar surface area (TPSA) is 136 Å². The van der Waals surface area contributed by atoms with Crippen molar-refractivity contribution in [3.05, 3.63) is 139 Å². The molecule has 47 heavy (non-hydrogen) atoms. The van der Waals surface area contributed by atoms with E-state index in [2.05, 4.69) is 15.5 Å². The Balaban J connectivity index is 1.21. The summed E-state index contributed by atoms with van der Waals surface area (Å²) in [6.45, 7) is 4.03. The van der Waals surface area contributed by atoms with Crippen LogP contribution in [0.25, 0.3) is 0 Å². The van der Waals surface area contributed by atoms with Crippen molar-refractivity contribution in [3.63, 3.8) is 0 Å². The molecule has 0 aliphatic carbocycles. The van der Waals surface area contributed by atoms with Gasteiger partial charge in [-0.05, 0) is 42.5 Å². The van der Waals surface area contributed by atoms with E-state index in [0.29, 0.717) is 23.9 Å². The Labute approximate surface area is 279 Å². The average Bonchev–Trinajstić information content (AvgIpc) is 3.84. The Morgan fingerprint density at radius 1 is 1.00 bits per heavy atom. The molecular formula is C34H31N7O4S2. The summed E-state index contributed by atoms with van der Waals surface area (Å²) in [4.78, 5) is 38.8. The first-order valence-corrected chi connectivity index (χ1v) is 16.8. The predicted octanol–water partition coefficient (Wildman–Crippen LogP) is 6.31. The summed E-state index contributed by atoms with van der Waals surface area (Å²) in [6.07, 6.45) is 0.623. The van der Waals surface area contributed by atoms with E-state index in [1.807, 2.05) is 83.6 Å². The Morgan fingerprint density at radius 2 is 1.79 bits per heavy atom. The quantitative estimate of drug-likeness (QED) is 0.0992. The van der Waals surface area contributed by atoms with Crippen LogP contribution >= 0.6 is 23.1 Å². The van der Waals surface area contributed by atoms with E-state index in [0.717, 1.165) is 27.3 Å². The predicted molar refractivity (Wildman–Crippen MR) is 182 cm³/mol. The second-order valence-electron chi connectivity index (χ2n) is 11.0. The number of aromatic nitrogens is 3. The number of nitrogens with zero attached hydrogens (tertiary/aromatic N) is 6. The molecule has 1 atom stereocenters. The van der Waals surface area contributed by atoms with Crippen LogP contribution in [0.4, 0.5) is 5.69 Å². The second kappa shape index (κ2) is 14.1. The monoisotopic (exact) mass is 665 g/mol. The highest BCUT2D eigenvalue weighted by Gasteiger charge is 2.33. The molecule has 0 bridgehead atoms. The smallest absolute Gasteiger partial charge is 0.273 e. The van der Waals surface area contributed by atoms with E-state index in [1.165, 1.54) is 23.9 Å². The molecule has 0 saturated heterocycles. The number of nitro benzene ring substituents is 1. The van der Waals surface area contributed by atoms with Gasteiger partial charge in [-0.25, -0.2) is 5.01 Å². The number of aryl methyl sites for hydroxylation is 1. The number of hydrogen-bond acceptors (Lipinski definition) is 9. The molecule has 1 aliphatic heterocycles. The van der Waals surface area contributed by atoms with Crippen LogP contribution in [0.2, 0.25) is 0 Å². The lowest BCUT2D eigenvalue weighted by Crippen LogP contribution is -2.28. The van der Waals surface area contributed by atoms with Crippen LogP contribution in [0, 0.1) is 24.0 Å². The summed E-state index contributed by atoms with van der Waals surface area (Å²) >= 11 is 2.86. The van der Waals surface area contributed by atoms with Gasteiger partial charge in [0.15, 0.2) is 11.0 Å². The fourth-order valence-corrected chi connectivity index (χ4v) is 6.91. The van der Waals surface area contributed by atoms with Crippen molar-refractivity contribution < 1.29 is 14.5 Å². The third kappa shape index (κ3) is 7.16. The van der Waals surface area contributed by atoms with E-state index in [4.69, 9.17) is 5.10 Å². The molecule has 2 amide bonds. The summed E-state index contributed by atoms with van der Waals surface area (Å²) in [6, 6.07) is 26.1. The van der Waals surface area contributed by atoms with Gasteiger partial charge in [0.25, 0.3) is 17.5 Å². The highest BCUT2D eigenvalue weighted by molar-refractivity contribution is 7.99. The zero-order valence-corrected chi connectivity index (χ0v) is 27.3. The molecule has 11 nitrogen and oxygen atoms in total. The molecule has 238 valence electrons. The minimum Gasteiger partial charge on any atom is -0.345 e. The maximum absolute atomic E-state index is 13.8. The van der Waals surface area contributed by atoms with Gasteiger partial charge in [-0.3, -0.25) is 19.7 Å². The van der Waals surface area contributed by atoms with Crippen LogP contribution < -0.4 is 5.32 Å². The third-order valence-corrected chi connectivity index (χ3v) is 9.76. The van der Waals surface area contributed by atoms with Gasteiger partial charge in [-0.15, -0.1) is 21.5 Å². The van der Waals surface area contributed by atoms with Gasteiger partial charge in [0.2, 0.25) is 0 Å². The van der Waals surface area contributed by atoms with Crippen molar-refractivity contribution in [3.8, 4) is 0 Å². The zero-order valence-electron chi connectivity index (χ0n) is 25.7. The Hall–Kier alpha value is -5.14. The number of nitro groups is 1. The number of carbonyl (C=O) groups is 2. The zero-order chi connectivity index (χ0) is 32.9. The molecule has 6 rings (SSSR count). The van der Waals surface area contributed by atoms with Gasteiger partial charge in [-0.2, -0.15) is 5.10 Å². The number of thiophene rings is 1. The standard InChI is InChI=1S/C34H31N7O4S2/c1-22-13-15-25(16-14-22)29-18-27(30-12-7-17-46-30)38-40(29)32(42)21-47-34-37-36-31(39(34)20-24-8-4-3-5-9-24)19-35-33(43)26-10-6-11-28(23(26)2)41(44)45/h3-17,29H,18-21H2,1-2H3,(H,35,43)/t29-/m1/s1. The van der Waals surface area contributed by atoms with Crippen molar-refractivity contribution in [2.75, 3.05) is 5.75 Å². The van der Waals surface area contributed by atoms with Gasteiger partial charge >= 0.3 is 0 Å². The van der Waals surface area contributed by atoms with E-state index in [-0.39, 0.29) is 41.1 Å². The molecule has 3 heterocycles. The van der Waals surface area contributed by atoms with E-state index >= 15 is 0 Å². The number of nitrogens with one attached hydrogen (secondary N) is 1. The number of rotatable bonds is 11. The molecule has 0 unspecified atom stereocenters. The van der Waals surface area contributed by atoms with Crippen LogP contribution in [0.3, 0.4) is 0 Å². The van der Waals surface area contributed by atoms with Gasteiger partial charge in [0.1, 0.15) is 0 Å². The number of hydrazone groups is 1. The first-order valence-electron chi connectivity index (χ1n) is 14.9. The number of carbonyl (C=O) groups excluding carboxylic acids is 2. The largest absolute Gasteiger partial charge is 0.345 e. The normalized spacial score (nSPS) is 14.2. The van der Waals surface area contributed by atoms with Crippen LogP contribution in [0.1, 0.15) is 55.8 Å². The molecule has 0 saturated carbocycles.